The van der Waals surface area contributed by atoms with Gasteiger partial charge in [0.2, 0.25) is 0 Å². The van der Waals surface area contributed by atoms with Crippen LogP contribution in [0.4, 0.5) is 0 Å². The van der Waals surface area contributed by atoms with E-state index in [-0.39, 0.29) is 6.61 Å². The van der Waals surface area contributed by atoms with Crippen LogP contribution in [0, 0.1) is 0 Å². The molecule has 0 unspecified atom stereocenters. The molecule has 0 spiro atoms. The first-order chi connectivity index (χ1) is 5.20. The molecule has 0 aromatic rings. The van der Waals surface area contributed by atoms with Crippen molar-refractivity contribution in [2.45, 2.75) is 13.3 Å². The maximum atomic E-state index is 8.56. The summed E-state index contributed by atoms with van der Waals surface area (Å²) in [5.74, 6) is 0. The van der Waals surface area contributed by atoms with E-state index in [9.17, 15) is 0 Å². The second-order valence-electron chi connectivity index (χ2n) is 2.28. The molecule has 0 aliphatic rings. The van der Waals surface area contributed by atoms with Crippen LogP contribution >= 0.6 is 12.6 Å². The van der Waals surface area contributed by atoms with Crippen LogP contribution in [-0.2, 0) is 0 Å². The summed E-state index contributed by atoms with van der Waals surface area (Å²) in [6, 6.07) is 0. The molecular formula is C9H14OS. The summed E-state index contributed by atoms with van der Waals surface area (Å²) in [6.45, 7) is 5.73. The van der Waals surface area contributed by atoms with E-state index in [1.54, 1.807) is 6.08 Å². The fourth-order valence-corrected chi connectivity index (χ4v) is 0.630. The average Bonchev–Trinajstić information content (AvgIpc) is 2.01. The lowest BCUT2D eigenvalue weighted by atomic mass is 10.2. The number of hydrogen-bond acceptors (Lipinski definition) is 2. The van der Waals surface area contributed by atoms with Gasteiger partial charge < -0.3 is 5.11 Å². The van der Waals surface area contributed by atoms with E-state index in [1.807, 2.05) is 19.1 Å². The SMILES string of the molecule is C=C/C(S)=C\C=C(/C)CCO. The van der Waals surface area contributed by atoms with Gasteiger partial charge in [0.15, 0.2) is 0 Å². The third kappa shape index (κ3) is 5.95. The predicted octanol–water partition coefficient (Wildman–Crippen LogP) is 2.31. The van der Waals surface area contributed by atoms with E-state index < -0.39 is 0 Å². The molecule has 62 valence electrons. The minimum Gasteiger partial charge on any atom is -0.396 e. The van der Waals surface area contributed by atoms with Gasteiger partial charge in [-0.25, -0.2) is 0 Å². The maximum absolute atomic E-state index is 8.56. The van der Waals surface area contributed by atoms with Gasteiger partial charge in [0.1, 0.15) is 0 Å². The Morgan fingerprint density at radius 2 is 2.18 bits per heavy atom. The molecule has 0 bridgehead atoms. The van der Waals surface area contributed by atoms with Crippen LogP contribution in [0.15, 0.2) is 35.3 Å². The summed E-state index contributed by atoms with van der Waals surface area (Å²) in [5, 5.41) is 8.56. The fourth-order valence-electron chi connectivity index (χ4n) is 0.555. The summed E-state index contributed by atoms with van der Waals surface area (Å²) in [5.41, 5.74) is 1.14. The zero-order valence-corrected chi connectivity index (χ0v) is 7.64. The van der Waals surface area contributed by atoms with Crippen LogP contribution in [0.1, 0.15) is 13.3 Å². The largest absolute Gasteiger partial charge is 0.396 e. The van der Waals surface area contributed by atoms with Gasteiger partial charge in [0, 0.05) is 11.5 Å². The van der Waals surface area contributed by atoms with Crippen molar-refractivity contribution in [1.82, 2.24) is 0 Å². The molecular weight excluding hydrogens is 156 g/mol. The Hall–Kier alpha value is -0.470. The van der Waals surface area contributed by atoms with Crippen LogP contribution in [0.3, 0.4) is 0 Å². The van der Waals surface area contributed by atoms with Crippen LogP contribution in [0.5, 0.6) is 0 Å². The molecule has 2 heteroatoms. The van der Waals surface area contributed by atoms with Gasteiger partial charge in [-0.1, -0.05) is 24.3 Å². The molecule has 0 radical (unpaired) electrons. The molecule has 0 atom stereocenters. The standard InChI is InChI=1S/C9H14OS/c1-3-9(11)5-4-8(2)6-7-10/h3-5,10-11H,1,6-7H2,2H3/b8-4+,9-5+. The van der Waals surface area contributed by atoms with Crippen molar-refractivity contribution in [2.24, 2.45) is 0 Å². The van der Waals surface area contributed by atoms with E-state index in [0.717, 1.165) is 10.5 Å². The second kappa shape index (κ2) is 6.25. The molecule has 0 aromatic carbocycles. The highest BCUT2D eigenvalue weighted by atomic mass is 32.1. The zero-order chi connectivity index (χ0) is 8.69. The number of aliphatic hydroxyl groups is 1. The van der Waals surface area contributed by atoms with Crippen molar-refractivity contribution < 1.29 is 5.11 Å². The highest BCUT2D eigenvalue weighted by molar-refractivity contribution is 7.84. The normalized spacial score (nSPS) is 13.4. The zero-order valence-electron chi connectivity index (χ0n) is 6.75. The molecule has 11 heavy (non-hydrogen) atoms. The molecule has 0 fully saturated rings. The summed E-state index contributed by atoms with van der Waals surface area (Å²) in [6.07, 6.45) is 6.18. The Labute approximate surface area is 73.5 Å². The monoisotopic (exact) mass is 170 g/mol. The summed E-state index contributed by atoms with van der Waals surface area (Å²) in [7, 11) is 0. The first kappa shape index (κ1) is 10.5. The number of aliphatic hydroxyl groups excluding tert-OH is 1. The third-order valence-corrected chi connectivity index (χ3v) is 1.59. The second-order valence-corrected chi connectivity index (χ2v) is 2.80. The predicted molar refractivity (Wildman–Crippen MR) is 52.7 cm³/mol. The topological polar surface area (TPSA) is 20.2 Å². The van der Waals surface area contributed by atoms with E-state index in [0.29, 0.717) is 6.42 Å². The maximum Gasteiger partial charge on any atom is 0.0468 e. The van der Waals surface area contributed by atoms with Crippen LogP contribution in [0.25, 0.3) is 0 Å². The van der Waals surface area contributed by atoms with Gasteiger partial charge >= 0.3 is 0 Å². The van der Waals surface area contributed by atoms with E-state index in [1.165, 1.54) is 0 Å². The van der Waals surface area contributed by atoms with Gasteiger partial charge in [-0.3, -0.25) is 0 Å². The van der Waals surface area contributed by atoms with Crippen molar-refractivity contribution in [3.63, 3.8) is 0 Å². The van der Waals surface area contributed by atoms with Crippen molar-refractivity contribution >= 4 is 12.6 Å². The van der Waals surface area contributed by atoms with E-state index in [4.69, 9.17) is 5.11 Å². The lowest BCUT2D eigenvalue weighted by Crippen LogP contribution is -1.82. The summed E-state index contributed by atoms with van der Waals surface area (Å²) in [4.78, 5) is 0.835. The van der Waals surface area contributed by atoms with Gasteiger partial charge in [0.25, 0.3) is 0 Å². The van der Waals surface area contributed by atoms with Crippen LogP contribution in [-0.4, -0.2) is 11.7 Å². The molecule has 0 aromatic heterocycles. The molecule has 1 N–H and O–H groups in total. The molecule has 0 heterocycles. The van der Waals surface area contributed by atoms with Gasteiger partial charge in [-0.05, 0) is 19.4 Å². The van der Waals surface area contributed by atoms with Gasteiger partial charge in [-0.2, -0.15) is 0 Å². The highest BCUT2D eigenvalue weighted by Crippen LogP contribution is 2.04. The smallest absolute Gasteiger partial charge is 0.0468 e. The Bertz CT molecular complexity index is 180. The molecule has 0 aliphatic heterocycles. The first-order valence-electron chi connectivity index (χ1n) is 3.50. The van der Waals surface area contributed by atoms with Gasteiger partial charge in [-0.15, -0.1) is 12.6 Å². The van der Waals surface area contributed by atoms with Crippen LogP contribution in [0.2, 0.25) is 0 Å². The first-order valence-corrected chi connectivity index (χ1v) is 3.95. The Morgan fingerprint density at radius 1 is 1.55 bits per heavy atom. The van der Waals surface area contributed by atoms with Gasteiger partial charge in [0.05, 0.1) is 0 Å². The Kier molecular flexibility index (Phi) is 5.99. The molecule has 0 saturated carbocycles. The molecule has 1 nitrogen and oxygen atoms in total. The summed E-state index contributed by atoms with van der Waals surface area (Å²) < 4.78 is 0. The number of hydrogen-bond donors (Lipinski definition) is 2. The average molecular weight is 170 g/mol. The fraction of sp³-hybridized carbons (Fsp3) is 0.333. The van der Waals surface area contributed by atoms with E-state index in [2.05, 4.69) is 19.2 Å². The molecule has 0 aliphatic carbocycles. The van der Waals surface area contributed by atoms with E-state index >= 15 is 0 Å². The van der Waals surface area contributed by atoms with Crippen molar-refractivity contribution in [3.8, 4) is 0 Å². The third-order valence-electron chi connectivity index (χ3n) is 1.25. The lowest BCUT2D eigenvalue weighted by Gasteiger charge is -1.93. The van der Waals surface area contributed by atoms with Crippen molar-refractivity contribution in [2.75, 3.05) is 6.61 Å². The molecule has 0 saturated heterocycles. The van der Waals surface area contributed by atoms with Crippen molar-refractivity contribution in [1.29, 1.82) is 0 Å². The Balaban J connectivity index is 3.99. The minimum atomic E-state index is 0.201. The van der Waals surface area contributed by atoms with Crippen LogP contribution < -0.4 is 0 Å². The number of rotatable bonds is 4. The minimum absolute atomic E-state index is 0.201. The number of thiol groups is 1. The van der Waals surface area contributed by atoms with Crippen molar-refractivity contribution in [3.05, 3.63) is 35.3 Å². The highest BCUT2D eigenvalue weighted by Gasteiger charge is 1.84. The molecule has 0 amide bonds. The quantitative estimate of drug-likeness (QED) is 0.490. The molecule has 0 rings (SSSR count). The summed E-state index contributed by atoms with van der Waals surface area (Å²) >= 11 is 4.11. The number of allylic oxidation sites excluding steroid dienone is 3. The Morgan fingerprint density at radius 3 is 2.64 bits per heavy atom. The lowest BCUT2D eigenvalue weighted by molar-refractivity contribution is 0.299.